The van der Waals surface area contributed by atoms with Crippen molar-refractivity contribution in [3.63, 3.8) is 0 Å². The fraction of sp³-hybridized carbons (Fsp3) is 0.600. The summed E-state index contributed by atoms with van der Waals surface area (Å²) >= 11 is 3.40. The Morgan fingerprint density at radius 3 is 2.15 bits per heavy atom. The summed E-state index contributed by atoms with van der Waals surface area (Å²) in [7, 11) is 0. The van der Waals surface area contributed by atoms with E-state index in [2.05, 4.69) is 21.2 Å². The van der Waals surface area contributed by atoms with Gasteiger partial charge in [0.05, 0.1) is 6.61 Å². The summed E-state index contributed by atoms with van der Waals surface area (Å²) in [6.45, 7) is 11.0. The van der Waals surface area contributed by atoms with E-state index in [1.54, 1.807) is 41.5 Å². The van der Waals surface area contributed by atoms with Crippen LogP contribution in [0.1, 0.15) is 59.6 Å². The fourth-order valence-electron chi connectivity index (χ4n) is 2.87. The third-order valence-electron chi connectivity index (χ3n) is 3.89. The highest BCUT2D eigenvalue weighted by Crippen LogP contribution is 2.40. The van der Waals surface area contributed by atoms with Gasteiger partial charge in [0, 0.05) is 10.9 Å². The quantitative estimate of drug-likeness (QED) is 0.697. The van der Waals surface area contributed by atoms with Crippen LogP contribution in [-0.4, -0.2) is 35.4 Å². The minimum atomic E-state index is -1.36. The van der Waals surface area contributed by atoms with E-state index in [9.17, 15) is 9.59 Å². The predicted octanol–water partition coefficient (Wildman–Crippen LogP) is 4.52. The monoisotopic (exact) mass is 441 g/mol. The summed E-state index contributed by atoms with van der Waals surface area (Å²) < 4.78 is 17.8. The highest BCUT2D eigenvalue weighted by molar-refractivity contribution is 9.10. The molecule has 150 valence electrons. The van der Waals surface area contributed by atoms with Gasteiger partial charge < -0.3 is 19.5 Å². The van der Waals surface area contributed by atoms with Crippen LogP contribution in [0, 0.1) is 0 Å². The Bertz CT molecular complexity index is 690. The molecule has 1 N–H and O–H groups in total. The lowest BCUT2D eigenvalue weighted by molar-refractivity contribution is -0.166. The number of esters is 1. The van der Waals surface area contributed by atoms with Crippen molar-refractivity contribution in [1.29, 1.82) is 0 Å². The van der Waals surface area contributed by atoms with Crippen LogP contribution in [0.4, 0.5) is 4.79 Å². The van der Waals surface area contributed by atoms with Gasteiger partial charge in [0.1, 0.15) is 17.3 Å². The first-order valence-electron chi connectivity index (χ1n) is 8.94. The van der Waals surface area contributed by atoms with E-state index in [0.29, 0.717) is 13.0 Å². The molecule has 0 aromatic heterocycles. The molecule has 6 nitrogen and oxygen atoms in total. The molecule has 2 rings (SSSR count). The molecule has 0 unspecified atom stereocenters. The number of amides is 1. The Hall–Kier alpha value is -1.60. The highest BCUT2D eigenvalue weighted by Gasteiger charge is 2.55. The van der Waals surface area contributed by atoms with E-state index < -0.39 is 34.9 Å². The van der Waals surface area contributed by atoms with Crippen LogP contribution >= 0.6 is 15.9 Å². The molecule has 1 aromatic carbocycles. The Balaban J connectivity index is 2.40. The molecule has 2 atom stereocenters. The topological polar surface area (TPSA) is 73.9 Å². The first-order valence-corrected chi connectivity index (χ1v) is 9.73. The summed E-state index contributed by atoms with van der Waals surface area (Å²) in [5.74, 6) is -0.536. The van der Waals surface area contributed by atoms with Crippen LogP contribution in [0.2, 0.25) is 0 Å². The van der Waals surface area contributed by atoms with Gasteiger partial charge in [-0.1, -0.05) is 28.1 Å². The molecule has 27 heavy (non-hydrogen) atoms. The maximum Gasteiger partial charge on any atom is 0.408 e. The van der Waals surface area contributed by atoms with Gasteiger partial charge in [0.2, 0.25) is 0 Å². The lowest BCUT2D eigenvalue weighted by Gasteiger charge is -2.36. The van der Waals surface area contributed by atoms with E-state index in [0.717, 1.165) is 10.0 Å². The number of nitrogens with one attached hydrogen (secondary N) is 1. The molecule has 0 saturated carbocycles. The maximum atomic E-state index is 13.2. The van der Waals surface area contributed by atoms with Gasteiger partial charge in [-0.2, -0.15) is 0 Å². The summed E-state index contributed by atoms with van der Waals surface area (Å²) in [5.41, 5.74) is -1.97. The second-order valence-electron chi connectivity index (χ2n) is 8.65. The number of halogens is 1. The average Bonchev–Trinajstić information content (AvgIpc) is 2.89. The molecule has 1 saturated heterocycles. The van der Waals surface area contributed by atoms with Crippen molar-refractivity contribution < 1.29 is 23.8 Å². The van der Waals surface area contributed by atoms with Crippen molar-refractivity contribution in [1.82, 2.24) is 5.32 Å². The number of carbonyl (C=O) groups excluding carboxylic acids is 2. The van der Waals surface area contributed by atoms with Crippen molar-refractivity contribution in [3.8, 4) is 0 Å². The molecular weight excluding hydrogens is 414 g/mol. The molecule has 1 fully saturated rings. The number of ether oxygens (including phenoxy) is 3. The summed E-state index contributed by atoms with van der Waals surface area (Å²) in [6.07, 6.45) is -1.06. The molecule has 1 aliphatic heterocycles. The van der Waals surface area contributed by atoms with Crippen LogP contribution in [-0.2, 0) is 19.0 Å². The third-order valence-corrected chi connectivity index (χ3v) is 4.42. The van der Waals surface area contributed by atoms with Gasteiger partial charge in [-0.25, -0.2) is 9.59 Å². The molecule has 1 aliphatic rings. The minimum absolute atomic E-state index is 0.294. The van der Waals surface area contributed by atoms with Gasteiger partial charge in [-0.05, 0) is 59.2 Å². The van der Waals surface area contributed by atoms with Gasteiger partial charge in [0.25, 0.3) is 0 Å². The zero-order chi connectivity index (χ0) is 20.5. The molecule has 0 aliphatic carbocycles. The van der Waals surface area contributed by atoms with Crippen molar-refractivity contribution in [3.05, 3.63) is 34.3 Å². The van der Waals surface area contributed by atoms with Crippen molar-refractivity contribution in [2.45, 2.75) is 70.8 Å². The lowest BCUT2D eigenvalue weighted by Crippen LogP contribution is -2.59. The van der Waals surface area contributed by atoms with Crippen molar-refractivity contribution in [2.75, 3.05) is 6.61 Å². The van der Waals surface area contributed by atoms with Crippen LogP contribution < -0.4 is 5.32 Å². The average molecular weight is 442 g/mol. The molecule has 0 radical (unpaired) electrons. The molecule has 7 heteroatoms. The largest absolute Gasteiger partial charge is 0.458 e. The molecule has 0 spiro atoms. The molecular formula is C20H28BrNO5. The fourth-order valence-corrected chi connectivity index (χ4v) is 3.14. The maximum absolute atomic E-state index is 13.2. The van der Waals surface area contributed by atoms with Crippen LogP contribution in [0.15, 0.2) is 28.7 Å². The number of carbonyl (C=O) groups is 2. The van der Waals surface area contributed by atoms with Gasteiger partial charge >= 0.3 is 12.1 Å². The van der Waals surface area contributed by atoms with E-state index in [4.69, 9.17) is 14.2 Å². The van der Waals surface area contributed by atoms with E-state index >= 15 is 0 Å². The minimum Gasteiger partial charge on any atom is -0.458 e. The van der Waals surface area contributed by atoms with Crippen LogP contribution in [0.25, 0.3) is 0 Å². The first-order chi connectivity index (χ1) is 12.3. The molecule has 0 bridgehead atoms. The van der Waals surface area contributed by atoms with E-state index in [1.807, 2.05) is 24.3 Å². The number of alkyl carbamates (subject to hydrolysis) is 1. The van der Waals surface area contributed by atoms with Gasteiger partial charge in [0.15, 0.2) is 5.54 Å². The zero-order valence-corrected chi connectivity index (χ0v) is 18.3. The number of hydrogen-bond donors (Lipinski definition) is 1. The Morgan fingerprint density at radius 1 is 1.07 bits per heavy atom. The normalized spacial score (nSPS) is 23.0. The molecule has 1 aromatic rings. The highest BCUT2D eigenvalue weighted by atomic mass is 79.9. The molecule has 1 amide bonds. The Morgan fingerprint density at radius 2 is 1.63 bits per heavy atom. The number of hydrogen-bond acceptors (Lipinski definition) is 5. The SMILES string of the molecule is CC(C)(C)OC(=O)N[C@]1(C(=O)OC(C)(C)C)CCO[C@H]1c1ccc(Br)cc1. The van der Waals surface area contributed by atoms with E-state index in [1.165, 1.54) is 0 Å². The number of rotatable bonds is 3. The third kappa shape index (κ3) is 5.69. The van der Waals surface area contributed by atoms with Crippen molar-refractivity contribution in [2.24, 2.45) is 0 Å². The Kier molecular flexibility index (Phi) is 6.26. The number of benzene rings is 1. The predicted molar refractivity (Wildman–Crippen MR) is 105 cm³/mol. The van der Waals surface area contributed by atoms with E-state index in [-0.39, 0.29) is 0 Å². The second-order valence-corrected chi connectivity index (χ2v) is 9.57. The second kappa shape index (κ2) is 7.80. The summed E-state index contributed by atoms with van der Waals surface area (Å²) in [5, 5.41) is 2.76. The lowest BCUT2D eigenvalue weighted by atomic mass is 9.86. The standard InChI is InChI=1S/C20H28BrNO5/c1-18(2,3)26-16(23)20(22-17(24)27-19(4,5)6)11-12-25-15(20)13-7-9-14(21)10-8-13/h7-10,15H,11-12H2,1-6H3,(H,22,24)/t15-,20+/m0/s1. The summed E-state index contributed by atoms with van der Waals surface area (Å²) in [6, 6.07) is 7.45. The Labute approximate surface area is 169 Å². The first kappa shape index (κ1) is 21.7. The summed E-state index contributed by atoms with van der Waals surface area (Å²) in [4.78, 5) is 25.7. The molecule has 1 heterocycles. The van der Waals surface area contributed by atoms with Crippen molar-refractivity contribution >= 4 is 28.0 Å². The van der Waals surface area contributed by atoms with Crippen LogP contribution in [0.5, 0.6) is 0 Å². The van der Waals surface area contributed by atoms with Gasteiger partial charge in [-0.15, -0.1) is 0 Å². The van der Waals surface area contributed by atoms with Crippen LogP contribution in [0.3, 0.4) is 0 Å². The van der Waals surface area contributed by atoms with Gasteiger partial charge in [-0.3, -0.25) is 0 Å². The smallest absolute Gasteiger partial charge is 0.408 e. The zero-order valence-electron chi connectivity index (χ0n) is 16.7.